The number of nitrogens with zero attached hydrogens (tertiary/aromatic N) is 2. The molecule has 0 unspecified atom stereocenters. The lowest BCUT2D eigenvalue weighted by molar-refractivity contribution is -0.143. The quantitative estimate of drug-likeness (QED) is 0.399. The zero-order valence-corrected chi connectivity index (χ0v) is 19.5. The Morgan fingerprint density at radius 1 is 1.25 bits per heavy atom. The Balaban J connectivity index is 1.84. The topological polar surface area (TPSA) is 106 Å². The van der Waals surface area contributed by atoms with Crippen LogP contribution >= 0.6 is 27.7 Å². The zero-order chi connectivity index (χ0) is 23.3. The molecule has 2 aromatic rings. The van der Waals surface area contributed by atoms with Crippen molar-refractivity contribution in [3.8, 4) is 17.6 Å². The molecule has 164 valence electrons. The van der Waals surface area contributed by atoms with Gasteiger partial charge in [-0.2, -0.15) is 5.26 Å². The molecule has 0 N–H and O–H groups in total. The average Bonchev–Trinajstić information content (AvgIpc) is 3.05. The highest BCUT2D eigenvalue weighted by Crippen LogP contribution is 2.39. The van der Waals surface area contributed by atoms with E-state index < -0.39 is 17.1 Å². The van der Waals surface area contributed by atoms with E-state index in [1.54, 1.807) is 42.5 Å². The molecule has 2 aromatic carbocycles. The lowest BCUT2D eigenvalue weighted by Crippen LogP contribution is -2.27. The molecule has 0 aliphatic carbocycles. The minimum Gasteiger partial charge on any atom is -0.493 e. The Kier molecular flexibility index (Phi) is 7.56. The van der Waals surface area contributed by atoms with Crippen LogP contribution in [0.25, 0.3) is 6.08 Å². The number of thioether (sulfide) groups is 1. The third-order valence-corrected chi connectivity index (χ3v) is 5.95. The van der Waals surface area contributed by atoms with Crippen LogP contribution in [0.5, 0.6) is 11.5 Å². The Morgan fingerprint density at radius 3 is 2.69 bits per heavy atom. The minimum absolute atomic E-state index is 0.0130. The number of halogens is 1. The van der Waals surface area contributed by atoms with Gasteiger partial charge in [-0.1, -0.05) is 18.2 Å². The van der Waals surface area contributed by atoms with Gasteiger partial charge in [0.2, 0.25) is 0 Å². The number of imide groups is 1. The first-order valence-electron chi connectivity index (χ1n) is 9.18. The van der Waals surface area contributed by atoms with Gasteiger partial charge < -0.3 is 14.2 Å². The van der Waals surface area contributed by atoms with E-state index in [1.807, 2.05) is 0 Å². The van der Waals surface area contributed by atoms with Gasteiger partial charge in [-0.15, -0.1) is 0 Å². The number of carbonyl (C=O) groups is 3. The molecule has 0 saturated carbocycles. The van der Waals surface area contributed by atoms with Crippen LogP contribution in [0.4, 0.5) is 4.79 Å². The summed E-state index contributed by atoms with van der Waals surface area (Å²) in [5.41, 5.74) is 1.59. The first-order valence-corrected chi connectivity index (χ1v) is 10.8. The molecule has 1 saturated heterocycles. The van der Waals surface area contributed by atoms with Gasteiger partial charge in [-0.3, -0.25) is 14.5 Å². The SMILES string of the molecule is COC(=O)COc1c(Br)cc(/C=C2/SC(=O)N(Cc3ccccc3C#N)C2=O)cc1OC. The van der Waals surface area contributed by atoms with Gasteiger partial charge >= 0.3 is 5.97 Å². The van der Waals surface area contributed by atoms with E-state index in [-0.39, 0.29) is 18.1 Å². The Hall–Kier alpha value is -3.29. The van der Waals surface area contributed by atoms with Gasteiger partial charge in [0, 0.05) is 0 Å². The van der Waals surface area contributed by atoms with E-state index in [0.29, 0.717) is 32.7 Å². The number of methoxy groups -OCH3 is 2. The van der Waals surface area contributed by atoms with Crippen molar-refractivity contribution in [3.63, 3.8) is 0 Å². The first-order chi connectivity index (χ1) is 15.4. The molecule has 8 nitrogen and oxygen atoms in total. The van der Waals surface area contributed by atoms with Gasteiger partial charge in [0.25, 0.3) is 11.1 Å². The fraction of sp³-hybridized carbons (Fsp3) is 0.182. The summed E-state index contributed by atoms with van der Waals surface area (Å²) in [6, 6.07) is 12.2. The number of amides is 2. The number of benzene rings is 2. The maximum absolute atomic E-state index is 12.9. The number of esters is 1. The lowest BCUT2D eigenvalue weighted by Gasteiger charge is -2.14. The Morgan fingerprint density at radius 2 is 2.00 bits per heavy atom. The van der Waals surface area contributed by atoms with Crippen LogP contribution in [0, 0.1) is 11.3 Å². The summed E-state index contributed by atoms with van der Waals surface area (Å²) in [4.78, 5) is 38.0. The number of nitriles is 1. The Labute approximate surface area is 196 Å². The fourth-order valence-electron chi connectivity index (χ4n) is 2.88. The van der Waals surface area contributed by atoms with Gasteiger partial charge in [0.05, 0.1) is 41.8 Å². The molecule has 0 bridgehead atoms. The largest absolute Gasteiger partial charge is 0.493 e. The van der Waals surface area contributed by atoms with Crippen molar-refractivity contribution < 1.29 is 28.6 Å². The standard InChI is InChI=1S/C22H17BrN2O6S/c1-29-17-8-13(7-16(23)20(17)31-12-19(26)30-2)9-18-21(27)25(22(28)32-18)11-15-6-4-3-5-14(15)10-24/h3-9H,11-12H2,1-2H3/b18-9+. The van der Waals surface area contributed by atoms with Crippen LogP contribution in [0.1, 0.15) is 16.7 Å². The maximum Gasteiger partial charge on any atom is 0.343 e. The van der Waals surface area contributed by atoms with Crippen LogP contribution in [0.15, 0.2) is 45.8 Å². The van der Waals surface area contributed by atoms with Gasteiger partial charge in [-0.25, -0.2) is 4.79 Å². The first kappa shape index (κ1) is 23.4. The highest BCUT2D eigenvalue weighted by Gasteiger charge is 2.35. The molecule has 1 heterocycles. The van der Waals surface area contributed by atoms with Gasteiger partial charge in [0.1, 0.15) is 0 Å². The number of hydrogen-bond donors (Lipinski definition) is 0. The zero-order valence-electron chi connectivity index (χ0n) is 17.1. The smallest absolute Gasteiger partial charge is 0.343 e. The summed E-state index contributed by atoms with van der Waals surface area (Å²) in [6.07, 6.45) is 1.57. The van der Waals surface area contributed by atoms with Crippen molar-refractivity contribution in [2.75, 3.05) is 20.8 Å². The average molecular weight is 517 g/mol. The van der Waals surface area contributed by atoms with Crippen LogP contribution in [0.3, 0.4) is 0 Å². The summed E-state index contributed by atoms with van der Waals surface area (Å²) >= 11 is 4.19. The summed E-state index contributed by atoms with van der Waals surface area (Å²) in [6.45, 7) is -0.285. The highest BCUT2D eigenvalue weighted by atomic mass is 79.9. The van der Waals surface area contributed by atoms with Crippen molar-refractivity contribution in [1.82, 2.24) is 4.90 Å². The van der Waals surface area contributed by atoms with E-state index in [2.05, 4.69) is 26.7 Å². The maximum atomic E-state index is 12.9. The molecule has 10 heteroatoms. The molecular formula is C22H17BrN2O6S. The summed E-state index contributed by atoms with van der Waals surface area (Å²) in [5.74, 6) is -0.364. The molecule has 32 heavy (non-hydrogen) atoms. The number of carbonyl (C=O) groups excluding carboxylic acids is 3. The predicted molar refractivity (Wildman–Crippen MR) is 121 cm³/mol. The second kappa shape index (κ2) is 10.3. The van der Waals surface area contributed by atoms with Crippen molar-refractivity contribution in [2.24, 2.45) is 0 Å². The number of ether oxygens (including phenoxy) is 3. The number of rotatable bonds is 7. The van der Waals surface area contributed by atoms with Crippen molar-refractivity contribution in [2.45, 2.75) is 6.54 Å². The minimum atomic E-state index is -0.547. The summed E-state index contributed by atoms with van der Waals surface area (Å²) in [7, 11) is 2.70. The Bertz CT molecular complexity index is 1160. The van der Waals surface area contributed by atoms with Crippen molar-refractivity contribution in [1.29, 1.82) is 5.26 Å². The fourth-order valence-corrected chi connectivity index (χ4v) is 4.29. The molecule has 2 amide bonds. The van der Waals surface area contributed by atoms with Crippen LogP contribution in [-0.2, 0) is 20.9 Å². The molecule has 0 spiro atoms. The number of hydrogen-bond acceptors (Lipinski definition) is 8. The molecule has 1 aliphatic rings. The molecule has 0 atom stereocenters. The normalized spacial score (nSPS) is 14.4. The second-order valence-corrected chi connectivity index (χ2v) is 8.28. The van der Waals surface area contributed by atoms with E-state index in [9.17, 15) is 19.6 Å². The molecule has 0 aromatic heterocycles. The predicted octanol–water partition coefficient (Wildman–Crippen LogP) is 4.12. The molecule has 3 rings (SSSR count). The molecule has 1 aliphatic heterocycles. The van der Waals surface area contributed by atoms with E-state index in [0.717, 1.165) is 16.7 Å². The molecule has 0 radical (unpaired) electrons. The summed E-state index contributed by atoms with van der Waals surface area (Å²) < 4.78 is 15.8. The second-order valence-electron chi connectivity index (χ2n) is 6.44. The lowest BCUT2D eigenvalue weighted by atomic mass is 10.1. The van der Waals surface area contributed by atoms with E-state index >= 15 is 0 Å². The van der Waals surface area contributed by atoms with E-state index in [1.165, 1.54) is 14.2 Å². The monoisotopic (exact) mass is 516 g/mol. The van der Waals surface area contributed by atoms with Crippen LogP contribution in [0.2, 0.25) is 0 Å². The molecule has 1 fully saturated rings. The third kappa shape index (κ3) is 5.12. The van der Waals surface area contributed by atoms with Gasteiger partial charge in [-0.05, 0) is 63.1 Å². The highest BCUT2D eigenvalue weighted by molar-refractivity contribution is 9.10. The van der Waals surface area contributed by atoms with Crippen LogP contribution < -0.4 is 9.47 Å². The van der Waals surface area contributed by atoms with Crippen LogP contribution in [-0.4, -0.2) is 42.8 Å². The van der Waals surface area contributed by atoms with Crippen molar-refractivity contribution >= 4 is 50.9 Å². The van der Waals surface area contributed by atoms with Crippen molar-refractivity contribution in [3.05, 3.63) is 62.5 Å². The third-order valence-electron chi connectivity index (χ3n) is 4.45. The summed E-state index contributed by atoms with van der Waals surface area (Å²) in [5, 5.41) is 8.83. The van der Waals surface area contributed by atoms with Gasteiger partial charge in [0.15, 0.2) is 18.1 Å². The van der Waals surface area contributed by atoms with E-state index in [4.69, 9.17) is 9.47 Å². The molecular weight excluding hydrogens is 500 g/mol.